The third-order valence-electron chi connectivity index (χ3n) is 4.83. The van der Waals surface area contributed by atoms with Crippen LogP contribution in [0.15, 0.2) is 48.5 Å². The van der Waals surface area contributed by atoms with E-state index in [1.165, 1.54) is 49.9 Å². The van der Waals surface area contributed by atoms with Gasteiger partial charge in [-0.15, -0.1) is 0 Å². The average Bonchev–Trinajstić information content (AvgIpc) is 2.78. The number of nitrogens with zero attached hydrogens (tertiary/aromatic N) is 1. The fraction of sp³-hybridized carbons (Fsp3) is 0.417. The fourth-order valence-electron chi connectivity index (χ4n) is 3.20. The number of piperidine rings is 1. The lowest BCUT2D eigenvalue weighted by atomic mass is 9.96. The van der Waals surface area contributed by atoms with Crippen molar-refractivity contribution in [1.82, 2.24) is 4.90 Å². The molecule has 29 heavy (non-hydrogen) atoms. The Kier molecular flexibility index (Phi) is 15.0. The van der Waals surface area contributed by atoms with Crippen molar-refractivity contribution >= 4 is 13.6 Å². The Morgan fingerprint density at radius 1 is 1.07 bits per heavy atom. The van der Waals surface area contributed by atoms with E-state index in [1.54, 1.807) is 19.2 Å². The maximum Gasteiger partial charge on any atom is 0.123 e. The number of rotatable bonds is 4. The predicted molar refractivity (Wildman–Crippen MR) is 117 cm³/mol. The molecule has 1 aliphatic heterocycles. The Bertz CT molecular complexity index is 640. The minimum Gasteiger partial charge on any atom is -0.497 e. The van der Waals surface area contributed by atoms with E-state index in [0.717, 1.165) is 23.8 Å². The van der Waals surface area contributed by atoms with Gasteiger partial charge in [-0.1, -0.05) is 36.2 Å². The summed E-state index contributed by atoms with van der Waals surface area (Å²) < 4.78 is 17.3. The van der Waals surface area contributed by atoms with Gasteiger partial charge in [0.2, 0.25) is 0 Å². The van der Waals surface area contributed by atoms with Crippen LogP contribution in [-0.2, 0) is 16.0 Å². The minimum atomic E-state index is -0.171. The molecule has 1 saturated heterocycles. The lowest BCUT2D eigenvalue weighted by Gasteiger charge is -2.32. The topological polar surface area (TPSA) is 46.6 Å². The second kappa shape index (κ2) is 16.4. The molecule has 0 radical (unpaired) electrons. The summed E-state index contributed by atoms with van der Waals surface area (Å²) in [5, 5.41) is 0. The number of aryl methyl sites for hydroxylation is 2. The van der Waals surface area contributed by atoms with Crippen LogP contribution < -0.4 is 4.74 Å². The molecule has 1 heterocycles. The van der Waals surface area contributed by atoms with Crippen LogP contribution in [0.5, 0.6) is 5.75 Å². The second-order valence-corrected chi connectivity index (χ2v) is 6.82. The molecule has 2 aromatic rings. The van der Waals surface area contributed by atoms with Gasteiger partial charge in [-0.2, -0.15) is 0 Å². The van der Waals surface area contributed by atoms with Gasteiger partial charge in [-0.3, -0.25) is 0 Å². The van der Waals surface area contributed by atoms with Crippen LogP contribution >= 0.6 is 0 Å². The van der Waals surface area contributed by atoms with Crippen molar-refractivity contribution in [2.45, 2.75) is 45.1 Å². The van der Waals surface area contributed by atoms with E-state index in [1.807, 2.05) is 26.6 Å². The molecular formula is C24H34FNO3. The first-order valence-electron chi connectivity index (χ1n) is 9.71. The van der Waals surface area contributed by atoms with Gasteiger partial charge in [0.1, 0.15) is 25.1 Å². The van der Waals surface area contributed by atoms with Crippen molar-refractivity contribution in [3.05, 3.63) is 65.5 Å². The zero-order valence-electron chi connectivity index (χ0n) is 17.9. The summed E-state index contributed by atoms with van der Waals surface area (Å²) in [6, 6.07) is 15.6. The normalized spacial score (nSPS) is 15.4. The average molecular weight is 404 g/mol. The molecule has 0 N–H and O–H groups in total. The highest BCUT2D eigenvalue weighted by molar-refractivity contribution is 5.28. The van der Waals surface area contributed by atoms with E-state index in [9.17, 15) is 4.39 Å². The van der Waals surface area contributed by atoms with E-state index >= 15 is 0 Å². The quantitative estimate of drug-likeness (QED) is 0.730. The van der Waals surface area contributed by atoms with Gasteiger partial charge in [0.25, 0.3) is 0 Å². The lowest BCUT2D eigenvalue weighted by Crippen LogP contribution is -2.36. The van der Waals surface area contributed by atoms with Crippen LogP contribution in [0.25, 0.3) is 0 Å². The van der Waals surface area contributed by atoms with Crippen molar-refractivity contribution in [1.29, 1.82) is 0 Å². The summed E-state index contributed by atoms with van der Waals surface area (Å²) in [5.41, 5.74) is 2.48. The minimum absolute atomic E-state index is 0.171. The molecule has 0 saturated carbocycles. The van der Waals surface area contributed by atoms with Crippen molar-refractivity contribution < 1.29 is 18.7 Å². The van der Waals surface area contributed by atoms with E-state index in [-0.39, 0.29) is 5.82 Å². The van der Waals surface area contributed by atoms with Crippen LogP contribution in [-0.4, -0.2) is 45.2 Å². The van der Waals surface area contributed by atoms with Crippen LogP contribution in [0, 0.1) is 12.7 Å². The highest BCUT2D eigenvalue weighted by Gasteiger charge is 2.18. The molecule has 160 valence electrons. The number of ether oxygens (including phenoxy) is 1. The maximum atomic E-state index is 12.1. The monoisotopic (exact) mass is 403 g/mol. The Balaban J connectivity index is 0.000000547. The molecule has 1 fully saturated rings. The van der Waals surface area contributed by atoms with Gasteiger partial charge in [0.05, 0.1) is 7.11 Å². The number of carbonyl (C=O) groups excluding carboxylic acids is 2. The number of benzene rings is 2. The molecule has 0 aromatic heterocycles. The van der Waals surface area contributed by atoms with Crippen LogP contribution in [0.3, 0.4) is 0 Å². The number of hydrogen-bond donors (Lipinski definition) is 0. The molecule has 0 aliphatic carbocycles. The zero-order chi connectivity index (χ0) is 22.1. The third-order valence-corrected chi connectivity index (χ3v) is 4.83. The van der Waals surface area contributed by atoms with Gasteiger partial charge in [-0.05, 0) is 76.0 Å². The Labute approximate surface area is 174 Å². The van der Waals surface area contributed by atoms with Crippen LogP contribution in [0.4, 0.5) is 4.39 Å². The number of methoxy groups -OCH3 is 1. The molecule has 0 spiro atoms. The standard InChI is InChI=1S/C15H23NO.C7H7F.2CH2O/c1-16-11-4-3-7-14(16)10-9-13-6-5-8-15(12-13)17-2;1-6-2-4-7(8)5-3-6;2*1-2/h5-6,8,12,14H,3-4,7,9-11H2,1-2H3;2-5H,1H3;2*1H2. The van der Waals surface area contributed by atoms with Crippen molar-refractivity contribution in [3.63, 3.8) is 0 Å². The zero-order valence-corrected chi connectivity index (χ0v) is 17.9. The van der Waals surface area contributed by atoms with Crippen molar-refractivity contribution in [2.75, 3.05) is 20.7 Å². The fourth-order valence-corrected chi connectivity index (χ4v) is 3.20. The molecule has 4 nitrogen and oxygen atoms in total. The summed E-state index contributed by atoms with van der Waals surface area (Å²) in [6.07, 6.45) is 6.55. The Morgan fingerprint density at radius 2 is 1.72 bits per heavy atom. The summed E-state index contributed by atoms with van der Waals surface area (Å²) >= 11 is 0. The first-order valence-corrected chi connectivity index (χ1v) is 9.71. The summed E-state index contributed by atoms with van der Waals surface area (Å²) in [4.78, 5) is 18.5. The van der Waals surface area contributed by atoms with Crippen molar-refractivity contribution in [2.24, 2.45) is 0 Å². The van der Waals surface area contributed by atoms with Crippen LogP contribution in [0.1, 0.15) is 36.8 Å². The third kappa shape index (κ3) is 11.2. The molecule has 5 heteroatoms. The summed E-state index contributed by atoms with van der Waals surface area (Å²) in [5.74, 6) is 0.801. The second-order valence-electron chi connectivity index (χ2n) is 6.82. The Hall–Kier alpha value is -2.53. The van der Waals surface area contributed by atoms with Crippen molar-refractivity contribution in [3.8, 4) is 5.75 Å². The molecule has 0 bridgehead atoms. The lowest BCUT2D eigenvalue weighted by molar-refractivity contribution is -0.0987. The smallest absolute Gasteiger partial charge is 0.123 e. The molecule has 2 aromatic carbocycles. The van der Waals surface area contributed by atoms with Gasteiger partial charge in [-0.25, -0.2) is 4.39 Å². The molecule has 1 unspecified atom stereocenters. The summed E-state index contributed by atoms with van der Waals surface area (Å²) in [7, 11) is 3.99. The molecule has 3 rings (SSSR count). The van der Waals surface area contributed by atoms with E-state index in [2.05, 4.69) is 30.1 Å². The molecule has 1 atom stereocenters. The van der Waals surface area contributed by atoms with E-state index in [0.29, 0.717) is 0 Å². The molecular weight excluding hydrogens is 369 g/mol. The number of hydrogen-bond acceptors (Lipinski definition) is 4. The largest absolute Gasteiger partial charge is 0.497 e. The highest BCUT2D eigenvalue weighted by Crippen LogP contribution is 2.21. The predicted octanol–water partition coefficient (Wildman–Crippen LogP) is 4.88. The van der Waals surface area contributed by atoms with Crippen LogP contribution in [0.2, 0.25) is 0 Å². The highest BCUT2D eigenvalue weighted by atomic mass is 19.1. The number of likely N-dealkylation sites (tertiary alicyclic amines) is 1. The van der Waals surface area contributed by atoms with Gasteiger partial charge >= 0.3 is 0 Å². The van der Waals surface area contributed by atoms with Gasteiger partial charge < -0.3 is 19.2 Å². The molecule has 0 amide bonds. The van der Waals surface area contributed by atoms with Gasteiger partial charge in [0, 0.05) is 6.04 Å². The Morgan fingerprint density at radius 3 is 2.28 bits per heavy atom. The first kappa shape index (κ1) is 26.5. The number of halogens is 1. The summed E-state index contributed by atoms with van der Waals surface area (Å²) in [6.45, 7) is 7.20. The number of carbonyl (C=O) groups is 2. The SMILES string of the molecule is C=O.C=O.COc1cccc(CCC2CCCCN2C)c1.Cc1ccc(F)cc1. The molecule has 1 aliphatic rings. The van der Waals surface area contributed by atoms with Gasteiger partial charge in [0.15, 0.2) is 0 Å². The van der Waals surface area contributed by atoms with E-state index < -0.39 is 0 Å². The maximum absolute atomic E-state index is 12.1. The first-order chi connectivity index (χ1) is 14.1. The van der Waals surface area contributed by atoms with E-state index in [4.69, 9.17) is 14.3 Å².